The predicted octanol–water partition coefficient (Wildman–Crippen LogP) is 5.13. The molecule has 1 aliphatic heterocycles. The summed E-state index contributed by atoms with van der Waals surface area (Å²) in [7, 11) is 0. The second kappa shape index (κ2) is 7.17. The minimum Gasteiger partial charge on any atom is -0.377 e. The van der Waals surface area contributed by atoms with Crippen molar-refractivity contribution < 1.29 is 4.74 Å². The maximum atomic E-state index is 5.66. The number of hydrogen-bond acceptors (Lipinski definition) is 4. The highest BCUT2D eigenvalue weighted by molar-refractivity contribution is 5.95. The quantitative estimate of drug-likeness (QED) is 0.622. The third kappa shape index (κ3) is 3.49. The van der Waals surface area contributed by atoms with Crippen molar-refractivity contribution in [3.63, 3.8) is 0 Å². The first-order chi connectivity index (χ1) is 13.3. The second-order valence-corrected chi connectivity index (χ2v) is 8.79. The Morgan fingerprint density at radius 3 is 2.71 bits per heavy atom. The van der Waals surface area contributed by atoms with Crippen molar-refractivity contribution in [1.82, 2.24) is 9.97 Å². The van der Waals surface area contributed by atoms with Crippen LogP contribution in [0.25, 0.3) is 22.2 Å². The van der Waals surface area contributed by atoms with Crippen LogP contribution in [0, 0.1) is 6.92 Å². The summed E-state index contributed by atoms with van der Waals surface area (Å²) in [6.07, 6.45) is 1.85. The van der Waals surface area contributed by atoms with E-state index >= 15 is 0 Å². The van der Waals surface area contributed by atoms with E-state index in [2.05, 4.69) is 74.8 Å². The standard InChI is InChI=1S/C24H29N3O/c1-16-8-9-20-19(7-6-10-25-20)23(16)21-13-18(14-22(26-21)24(3,4)5)27-11-12-28-15-17(27)2/h6-10,13-14,17H,11-12,15H2,1-5H3/t17-/m1/s1. The van der Waals surface area contributed by atoms with Crippen molar-refractivity contribution >= 4 is 16.6 Å². The zero-order valence-corrected chi connectivity index (χ0v) is 17.5. The Kier molecular flexibility index (Phi) is 4.84. The van der Waals surface area contributed by atoms with Crippen LogP contribution >= 0.6 is 0 Å². The number of morpholine rings is 1. The molecule has 0 saturated carbocycles. The molecule has 4 nitrogen and oxygen atoms in total. The minimum atomic E-state index is -0.0307. The third-order valence-corrected chi connectivity index (χ3v) is 5.53. The summed E-state index contributed by atoms with van der Waals surface area (Å²) in [6.45, 7) is 13.5. The molecule has 1 aliphatic rings. The molecule has 2 aromatic heterocycles. The van der Waals surface area contributed by atoms with E-state index in [4.69, 9.17) is 9.72 Å². The third-order valence-electron chi connectivity index (χ3n) is 5.53. The summed E-state index contributed by atoms with van der Waals surface area (Å²) < 4.78 is 5.66. The lowest BCUT2D eigenvalue weighted by molar-refractivity contribution is 0.0989. The minimum absolute atomic E-state index is 0.0307. The molecule has 0 aliphatic carbocycles. The molecule has 0 unspecified atom stereocenters. The van der Waals surface area contributed by atoms with Gasteiger partial charge in [0.2, 0.25) is 0 Å². The molecule has 0 N–H and O–H groups in total. The van der Waals surface area contributed by atoms with E-state index in [1.165, 1.54) is 16.8 Å². The zero-order chi connectivity index (χ0) is 19.9. The van der Waals surface area contributed by atoms with Gasteiger partial charge in [-0.05, 0) is 43.7 Å². The van der Waals surface area contributed by atoms with Crippen LogP contribution in [0.2, 0.25) is 0 Å². The van der Waals surface area contributed by atoms with Crippen LogP contribution in [-0.2, 0) is 10.2 Å². The Bertz CT molecular complexity index is 1010. The van der Waals surface area contributed by atoms with E-state index in [0.717, 1.165) is 42.0 Å². The van der Waals surface area contributed by atoms with Gasteiger partial charge in [-0.25, -0.2) is 0 Å². The Hall–Kier alpha value is -2.46. The maximum absolute atomic E-state index is 5.66. The highest BCUT2D eigenvalue weighted by Gasteiger charge is 2.24. The predicted molar refractivity (Wildman–Crippen MR) is 116 cm³/mol. The molecule has 146 valence electrons. The van der Waals surface area contributed by atoms with E-state index in [1.807, 2.05) is 12.3 Å². The van der Waals surface area contributed by atoms with E-state index in [1.54, 1.807) is 0 Å². The van der Waals surface area contributed by atoms with Crippen molar-refractivity contribution in [1.29, 1.82) is 0 Å². The van der Waals surface area contributed by atoms with Gasteiger partial charge in [-0.1, -0.05) is 32.9 Å². The normalized spacial score (nSPS) is 17.9. The molecule has 1 fully saturated rings. The van der Waals surface area contributed by atoms with Crippen LogP contribution < -0.4 is 4.90 Å². The molecule has 0 spiro atoms. The number of fused-ring (bicyclic) bond motifs is 1. The van der Waals surface area contributed by atoms with Gasteiger partial charge in [0.1, 0.15) is 0 Å². The summed E-state index contributed by atoms with van der Waals surface area (Å²) in [6, 6.07) is 13.2. The van der Waals surface area contributed by atoms with Crippen molar-refractivity contribution in [2.24, 2.45) is 0 Å². The van der Waals surface area contributed by atoms with Gasteiger partial charge in [0.15, 0.2) is 0 Å². The monoisotopic (exact) mass is 375 g/mol. The molecular formula is C24H29N3O. The average molecular weight is 376 g/mol. The number of benzene rings is 1. The average Bonchev–Trinajstić information content (AvgIpc) is 2.67. The van der Waals surface area contributed by atoms with Crippen molar-refractivity contribution in [3.05, 3.63) is 53.9 Å². The van der Waals surface area contributed by atoms with E-state index in [0.29, 0.717) is 6.04 Å². The Labute approximate surface area is 167 Å². The SMILES string of the molecule is Cc1ccc2ncccc2c1-c1cc(N2CCOC[C@H]2C)cc(C(C)(C)C)n1. The molecule has 3 heterocycles. The molecule has 1 aromatic carbocycles. The highest BCUT2D eigenvalue weighted by atomic mass is 16.5. The Morgan fingerprint density at radius 1 is 1.14 bits per heavy atom. The maximum Gasteiger partial charge on any atom is 0.0735 e. The largest absolute Gasteiger partial charge is 0.377 e. The lowest BCUT2D eigenvalue weighted by Gasteiger charge is -2.36. The van der Waals surface area contributed by atoms with Gasteiger partial charge in [-0.2, -0.15) is 0 Å². The molecule has 3 aromatic rings. The number of anilines is 1. The van der Waals surface area contributed by atoms with Crippen LogP contribution in [0.3, 0.4) is 0 Å². The molecule has 1 atom stereocenters. The summed E-state index contributed by atoms with van der Waals surface area (Å²) in [5.41, 5.74) is 6.74. The smallest absolute Gasteiger partial charge is 0.0735 e. The van der Waals surface area contributed by atoms with Gasteiger partial charge >= 0.3 is 0 Å². The van der Waals surface area contributed by atoms with Crippen LogP contribution in [0.5, 0.6) is 0 Å². The van der Waals surface area contributed by atoms with Crippen molar-refractivity contribution in [3.8, 4) is 11.3 Å². The first-order valence-corrected chi connectivity index (χ1v) is 10.1. The fraction of sp³-hybridized carbons (Fsp3) is 0.417. The molecule has 1 saturated heterocycles. The fourth-order valence-electron chi connectivity index (χ4n) is 3.91. The summed E-state index contributed by atoms with van der Waals surface area (Å²) in [5.74, 6) is 0. The summed E-state index contributed by atoms with van der Waals surface area (Å²) in [4.78, 5) is 12.1. The second-order valence-electron chi connectivity index (χ2n) is 8.79. The number of pyridine rings is 2. The van der Waals surface area contributed by atoms with Gasteiger partial charge in [-0.15, -0.1) is 0 Å². The van der Waals surface area contributed by atoms with Crippen LogP contribution in [0.1, 0.15) is 39.0 Å². The first kappa shape index (κ1) is 18.9. The number of nitrogens with zero attached hydrogens (tertiary/aromatic N) is 3. The summed E-state index contributed by atoms with van der Waals surface area (Å²) in [5, 5.41) is 1.15. The zero-order valence-electron chi connectivity index (χ0n) is 17.5. The fourth-order valence-corrected chi connectivity index (χ4v) is 3.91. The summed E-state index contributed by atoms with van der Waals surface area (Å²) >= 11 is 0. The Balaban J connectivity index is 1.95. The lowest BCUT2D eigenvalue weighted by atomic mass is 9.90. The van der Waals surface area contributed by atoms with Crippen molar-refractivity contribution in [2.45, 2.75) is 46.1 Å². The van der Waals surface area contributed by atoms with Crippen molar-refractivity contribution in [2.75, 3.05) is 24.7 Å². The molecule has 0 amide bonds. The van der Waals surface area contributed by atoms with Gasteiger partial charge in [0.25, 0.3) is 0 Å². The van der Waals surface area contributed by atoms with Gasteiger partial charge in [-0.3, -0.25) is 9.97 Å². The number of aryl methyl sites for hydroxylation is 1. The van der Waals surface area contributed by atoms with Crippen LogP contribution in [0.15, 0.2) is 42.6 Å². The molecule has 28 heavy (non-hydrogen) atoms. The topological polar surface area (TPSA) is 38.2 Å². The van der Waals surface area contributed by atoms with Gasteiger partial charge in [0, 0.05) is 46.5 Å². The first-order valence-electron chi connectivity index (χ1n) is 10.1. The highest BCUT2D eigenvalue weighted by Crippen LogP contribution is 2.35. The number of ether oxygens (including phenoxy) is 1. The molecular weight excluding hydrogens is 346 g/mol. The molecule has 0 radical (unpaired) electrons. The Morgan fingerprint density at radius 2 is 1.96 bits per heavy atom. The van der Waals surface area contributed by atoms with Gasteiger partial charge < -0.3 is 9.64 Å². The number of hydrogen-bond donors (Lipinski definition) is 0. The molecule has 0 bridgehead atoms. The van der Waals surface area contributed by atoms with Crippen LogP contribution in [-0.4, -0.2) is 35.8 Å². The van der Waals surface area contributed by atoms with Crippen LogP contribution in [0.4, 0.5) is 5.69 Å². The molecule has 4 rings (SSSR count). The van der Waals surface area contributed by atoms with Gasteiger partial charge in [0.05, 0.1) is 24.4 Å². The van der Waals surface area contributed by atoms with E-state index < -0.39 is 0 Å². The van der Waals surface area contributed by atoms with E-state index in [9.17, 15) is 0 Å². The number of rotatable bonds is 2. The lowest BCUT2D eigenvalue weighted by Crippen LogP contribution is -2.43. The molecule has 4 heteroatoms. The number of aromatic nitrogens is 2. The van der Waals surface area contributed by atoms with E-state index in [-0.39, 0.29) is 5.41 Å².